The van der Waals surface area contributed by atoms with E-state index in [1.54, 1.807) is 7.11 Å². The van der Waals surface area contributed by atoms with Crippen molar-refractivity contribution < 1.29 is 14.2 Å². The third-order valence-corrected chi connectivity index (χ3v) is 2.81. The summed E-state index contributed by atoms with van der Waals surface area (Å²) in [5.41, 5.74) is 1.17. The van der Waals surface area contributed by atoms with Crippen molar-refractivity contribution in [2.45, 2.75) is 13.0 Å². The van der Waals surface area contributed by atoms with Gasteiger partial charge in [0.1, 0.15) is 0 Å². The molecule has 1 heterocycles. The van der Waals surface area contributed by atoms with E-state index in [4.69, 9.17) is 14.2 Å². The first kappa shape index (κ1) is 12.2. The number of ether oxygens (including phenoxy) is 3. The first-order valence-electron chi connectivity index (χ1n) is 5.97. The summed E-state index contributed by atoms with van der Waals surface area (Å²) >= 11 is 0. The van der Waals surface area contributed by atoms with E-state index >= 15 is 0 Å². The average Bonchev–Trinajstić information content (AvgIpc) is 2.40. The van der Waals surface area contributed by atoms with Gasteiger partial charge in [-0.2, -0.15) is 0 Å². The van der Waals surface area contributed by atoms with Crippen LogP contribution < -0.4 is 14.8 Å². The van der Waals surface area contributed by atoms with Crippen LogP contribution in [0.15, 0.2) is 18.2 Å². The number of hydrogen-bond acceptors (Lipinski definition) is 4. The number of benzene rings is 1. The molecular weight excluding hydrogens is 218 g/mol. The molecule has 4 nitrogen and oxygen atoms in total. The molecular formula is C13H19NO3. The van der Waals surface area contributed by atoms with Crippen LogP contribution in [0.25, 0.3) is 0 Å². The van der Waals surface area contributed by atoms with Crippen molar-refractivity contribution in [3.05, 3.63) is 23.8 Å². The van der Waals surface area contributed by atoms with Crippen molar-refractivity contribution in [3.8, 4) is 11.5 Å². The van der Waals surface area contributed by atoms with Gasteiger partial charge < -0.3 is 19.5 Å². The van der Waals surface area contributed by atoms with Gasteiger partial charge in [0.25, 0.3) is 0 Å². The molecule has 0 unspecified atom stereocenters. The van der Waals surface area contributed by atoms with Gasteiger partial charge in [0, 0.05) is 6.54 Å². The molecule has 0 bridgehead atoms. The van der Waals surface area contributed by atoms with E-state index in [-0.39, 0.29) is 6.04 Å². The SMILES string of the molecule is CCOc1ccc([C@H]2COCCN2)cc1OC. The van der Waals surface area contributed by atoms with Crippen molar-refractivity contribution in [2.24, 2.45) is 0 Å². The van der Waals surface area contributed by atoms with Crippen molar-refractivity contribution >= 4 is 0 Å². The predicted octanol–water partition coefficient (Wildman–Crippen LogP) is 1.75. The van der Waals surface area contributed by atoms with E-state index in [0.29, 0.717) is 13.2 Å². The van der Waals surface area contributed by atoms with E-state index < -0.39 is 0 Å². The highest BCUT2D eigenvalue weighted by Crippen LogP contribution is 2.30. The lowest BCUT2D eigenvalue weighted by Gasteiger charge is -2.24. The first-order valence-corrected chi connectivity index (χ1v) is 5.97. The Kier molecular flexibility index (Phi) is 4.23. The van der Waals surface area contributed by atoms with Gasteiger partial charge in [-0.15, -0.1) is 0 Å². The molecule has 4 heteroatoms. The third-order valence-electron chi connectivity index (χ3n) is 2.81. The highest BCUT2D eigenvalue weighted by atomic mass is 16.5. The Morgan fingerprint density at radius 2 is 2.29 bits per heavy atom. The lowest BCUT2D eigenvalue weighted by molar-refractivity contribution is 0.0768. The van der Waals surface area contributed by atoms with Crippen molar-refractivity contribution in [2.75, 3.05) is 33.5 Å². The topological polar surface area (TPSA) is 39.7 Å². The van der Waals surface area contributed by atoms with Gasteiger partial charge in [0.15, 0.2) is 11.5 Å². The maximum Gasteiger partial charge on any atom is 0.161 e. The van der Waals surface area contributed by atoms with Gasteiger partial charge >= 0.3 is 0 Å². The number of methoxy groups -OCH3 is 1. The van der Waals surface area contributed by atoms with Crippen LogP contribution in [-0.2, 0) is 4.74 Å². The van der Waals surface area contributed by atoms with Crippen molar-refractivity contribution in [3.63, 3.8) is 0 Å². The summed E-state index contributed by atoms with van der Waals surface area (Å²) < 4.78 is 16.3. The van der Waals surface area contributed by atoms with Gasteiger partial charge in [-0.25, -0.2) is 0 Å². The van der Waals surface area contributed by atoms with Gasteiger partial charge in [-0.05, 0) is 24.6 Å². The smallest absolute Gasteiger partial charge is 0.161 e. The molecule has 0 saturated carbocycles. The van der Waals surface area contributed by atoms with Crippen LogP contribution in [0.4, 0.5) is 0 Å². The van der Waals surface area contributed by atoms with Crippen LogP contribution in [-0.4, -0.2) is 33.5 Å². The zero-order chi connectivity index (χ0) is 12.1. The predicted molar refractivity (Wildman–Crippen MR) is 65.7 cm³/mol. The summed E-state index contributed by atoms with van der Waals surface area (Å²) in [5, 5.41) is 3.42. The Morgan fingerprint density at radius 3 is 2.94 bits per heavy atom. The number of nitrogens with one attached hydrogen (secondary N) is 1. The zero-order valence-corrected chi connectivity index (χ0v) is 10.4. The molecule has 0 amide bonds. The molecule has 1 fully saturated rings. The lowest BCUT2D eigenvalue weighted by atomic mass is 10.1. The average molecular weight is 237 g/mol. The summed E-state index contributed by atoms with van der Waals surface area (Å²) in [4.78, 5) is 0. The summed E-state index contributed by atoms with van der Waals surface area (Å²) in [7, 11) is 1.66. The Labute approximate surface area is 102 Å². The number of hydrogen-bond donors (Lipinski definition) is 1. The molecule has 1 saturated heterocycles. The molecule has 2 rings (SSSR count). The Bertz CT molecular complexity index is 362. The van der Waals surface area contributed by atoms with E-state index in [9.17, 15) is 0 Å². The standard InChI is InChI=1S/C13H19NO3/c1-3-17-12-5-4-10(8-13(12)15-2)11-9-16-7-6-14-11/h4-5,8,11,14H,3,6-7,9H2,1-2H3/t11-/m1/s1. The highest BCUT2D eigenvalue weighted by Gasteiger charge is 2.17. The van der Waals surface area contributed by atoms with Crippen LogP contribution in [0, 0.1) is 0 Å². The highest BCUT2D eigenvalue weighted by molar-refractivity contribution is 5.44. The quantitative estimate of drug-likeness (QED) is 0.866. The third kappa shape index (κ3) is 2.90. The minimum absolute atomic E-state index is 0.244. The van der Waals surface area contributed by atoms with E-state index in [1.165, 1.54) is 5.56 Å². The molecule has 1 aliphatic rings. The second-order valence-electron chi connectivity index (χ2n) is 3.92. The lowest BCUT2D eigenvalue weighted by Crippen LogP contribution is -2.34. The Balaban J connectivity index is 2.17. The normalized spacial score (nSPS) is 20.0. The summed E-state index contributed by atoms with van der Waals surface area (Å²) in [6.07, 6.45) is 0. The van der Waals surface area contributed by atoms with Crippen LogP contribution in [0.3, 0.4) is 0 Å². The minimum atomic E-state index is 0.244. The van der Waals surface area contributed by atoms with E-state index in [1.807, 2.05) is 19.1 Å². The fourth-order valence-electron chi connectivity index (χ4n) is 1.96. The molecule has 1 aromatic carbocycles. The van der Waals surface area contributed by atoms with Crippen LogP contribution >= 0.6 is 0 Å². The fourth-order valence-corrected chi connectivity index (χ4v) is 1.96. The van der Waals surface area contributed by atoms with Gasteiger partial charge in [-0.3, -0.25) is 0 Å². The molecule has 1 aliphatic heterocycles. The van der Waals surface area contributed by atoms with Crippen LogP contribution in [0.5, 0.6) is 11.5 Å². The molecule has 0 aliphatic carbocycles. The molecule has 0 aromatic heterocycles. The monoisotopic (exact) mass is 237 g/mol. The van der Waals surface area contributed by atoms with Gasteiger partial charge in [0.05, 0.1) is 33.0 Å². The second kappa shape index (κ2) is 5.89. The van der Waals surface area contributed by atoms with E-state index in [2.05, 4.69) is 11.4 Å². The Morgan fingerprint density at radius 1 is 1.41 bits per heavy atom. The van der Waals surface area contributed by atoms with Crippen molar-refractivity contribution in [1.29, 1.82) is 0 Å². The number of rotatable bonds is 4. The first-order chi connectivity index (χ1) is 8.35. The summed E-state index contributed by atoms with van der Waals surface area (Å²) in [5.74, 6) is 1.56. The molecule has 1 N–H and O–H groups in total. The molecule has 0 radical (unpaired) electrons. The second-order valence-corrected chi connectivity index (χ2v) is 3.92. The summed E-state index contributed by atoms with van der Waals surface area (Å²) in [6, 6.07) is 6.26. The van der Waals surface area contributed by atoms with Gasteiger partial charge in [0.2, 0.25) is 0 Å². The van der Waals surface area contributed by atoms with E-state index in [0.717, 1.165) is 24.7 Å². The maximum atomic E-state index is 5.49. The van der Waals surface area contributed by atoms with Crippen LogP contribution in [0.2, 0.25) is 0 Å². The minimum Gasteiger partial charge on any atom is -0.493 e. The molecule has 1 aromatic rings. The molecule has 94 valence electrons. The number of morpholine rings is 1. The largest absolute Gasteiger partial charge is 0.493 e. The Hall–Kier alpha value is -1.26. The maximum absolute atomic E-state index is 5.49. The molecule has 17 heavy (non-hydrogen) atoms. The zero-order valence-electron chi connectivity index (χ0n) is 10.4. The fraction of sp³-hybridized carbons (Fsp3) is 0.538. The summed E-state index contributed by atoms with van der Waals surface area (Å²) in [6.45, 7) is 4.98. The van der Waals surface area contributed by atoms with Gasteiger partial charge in [-0.1, -0.05) is 6.07 Å². The molecule has 0 spiro atoms. The molecule has 1 atom stereocenters. The van der Waals surface area contributed by atoms with Crippen molar-refractivity contribution in [1.82, 2.24) is 5.32 Å². The van der Waals surface area contributed by atoms with Crippen LogP contribution in [0.1, 0.15) is 18.5 Å².